The number of allylic oxidation sites excluding steroid dienone is 2. The Bertz CT molecular complexity index is 242. The van der Waals surface area contributed by atoms with E-state index < -0.39 is 0 Å². The molecule has 0 saturated heterocycles. The summed E-state index contributed by atoms with van der Waals surface area (Å²) in [5, 5.41) is 0. The van der Waals surface area contributed by atoms with Crippen LogP contribution < -0.4 is 0 Å². The van der Waals surface area contributed by atoms with Gasteiger partial charge in [0.1, 0.15) is 0 Å². The molecule has 0 fully saturated rings. The molecular weight excluding hydrogens is 157 g/mol. The third-order valence-corrected chi connectivity index (χ3v) is 2.94. The highest BCUT2D eigenvalue weighted by Gasteiger charge is 2.12. The van der Waals surface area contributed by atoms with Gasteiger partial charge in [-0.15, -0.1) is 0 Å². The number of rotatable bonds is 1. The van der Waals surface area contributed by atoms with Crippen LogP contribution in [0.1, 0.15) is 32.1 Å². The fraction of sp³-hybridized carbons (Fsp3) is 0.636. The SMILES string of the molecule is [B]N1CC=C(C2=CCCCC2)CC1. The van der Waals surface area contributed by atoms with Gasteiger partial charge in [-0.05, 0) is 49.8 Å². The molecule has 2 aliphatic rings. The second-order valence-corrected chi connectivity index (χ2v) is 3.95. The molecule has 2 radical (unpaired) electrons. The van der Waals surface area contributed by atoms with Crippen LogP contribution in [0.15, 0.2) is 23.3 Å². The highest BCUT2D eigenvalue weighted by molar-refractivity contribution is 6.04. The topological polar surface area (TPSA) is 3.24 Å². The molecule has 0 N–H and O–H groups in total. The van der Waals surface area contributed by atoms with Crippen LogP contribution in [0.25, 0.3) is 0 Å². The molecular formula is C11H16BN. The van der Waals surface area contributed by atoms with Crippen LogP contribution in [0.3, 0.4) is 0 Å². The van der Waals surface area contributed by atoms with Crippen molar-refractivity contribution in [2.75, 3.05) is 13.1 Å². The zero-order valence-corrected chi connectivity index (χ0v) is 8.13. The lowest BCUT2D eigenvalue weighted by Crippen LogP contribution is -2.26. The quantitative estimate of drug-likeness (QED) is 0.549. The fourth-order valence-electron chi connectivity index (χ4n) is 2.11. The summed E-state index contributed by atoms with van der Waals surface area (Å²) in [6.45, 7) is 1.94. The summed E-state index contributed by atoms with van der Waals surface area (Å²) >= 11 is 0. The van der Waals surface area contributed by atoms with E-state index >= 15 is 0 Å². The Morgan fingerprint density at radius 3 is 2.54 bits per heavy atom. The van der Waals surface area contributed by atoms with Crippen LogP contribution in [0.4, 0.5) is 0 Å². The van der Waals surface area contributed by atoms with Crippen molar-refractivity contribution in [2.45, 2.75) is 32.1 Å². The van der Waals surface area contributed by atoms with Gasteiger partial charge < -0.3 is 4.81 Å². The Labute approximate surface area is 81.9 Å². The van der Waals surface area contributed by atoms with Gasteiger partial charge in [-0.25, -0.2) is 0 Å². The molecule has 2 heteroatoms. The summed E-state index contributed by atoms with van der Waals surface area (Å²) in [4.78, 5) is 1.88. The standard InChI is InChI=1S/C11H16BN/c12-13-8-6-11(7-9-13)10-4-2-1-3-5-10/h4,6H,1-3,5,7-9H2. The van der Waals surface area contributed by atoms with Crippen molar-refractivity contribution in [1.82, 2.24) is 4.81 Å². The largest absolute Gasteiger partial charge is 0.350 e. The minimum Gasteiger partial charge on any atom is -0.350 e. The third kappa shape index (κ3) is 2.25. The minimum atomic E-state index is 0.923. The van der Waals surface area contributed by atoms with E-state index in [0.29, 0.717) is 0 Å². The van der Waals surface area contributed by atoms with Gasteiger partial charge in [0.25, 0.3) is 0 Å². The molecule has 1 aliphatic carbocycles. The first-order chi connectivity index (χ1) is 6.36. The minimum absolute atomic E-state index is 0.923. The smallest absolute Gasteiger partial charge is 0.182 e. The molecule has 0 unspecified atom stereocenters. The maximum Gasteiger partial charge on any atom is 0.182 e. The number of nitrogens with zero attached hydrogens (tertiary/aromatic N) is 1. The van der Waals surface area contributed by atoms with E-state index in [1.165, 1.54) is 25.7 Å². The molecule has 1 aliphatic heterocycles. The van der Waals surface area contributed by atoms with Gasteiger partial charge in [0.15, 0.2) is 7.98 Å². The van der Waals surface area contributed by atoms with Gasteiger partial charge in [0.2, 0.25) is 0 Å². The summed E-state index contributed by atoms with van der Waals surface area (Å²) < 4.78 is 0. The van der Waals surface area contributed by atoms with Gasteiger partial charge in [0.05, 0.1) is 0 Å². The normalized spacial score (nSPS) is 25.2. The molecule has 0 aromatic heterocycles. The van der Waals surface area contributed by atoms with Crippen LogP contribution in [0.2, 0.25) is 0 Å². The van der Waals surface area contributed by atoms with Crippen molar-refractivity contribution in [3.8, 4) is 0 Å². The molecule has 13 heavy (non-hydrogen) atoms. The average molecular weight is 173 g/mol. The van der Waals surface area contributed by atoms with Crippen molar-refractivity contribution in [3.63, 3.8) is 0 Å². The maximum absolute atomic E-state index is 5.70. The molecule has 0 atom stereocenters. The molecule has 2 rings (SSSR count). The first-order valence-electron chi connectivity index (χ1n) is 5.24. The first kappa shape index (κ1) is 9.08. The molecule has 1 nitrogen and oxygen atoms in total. The van der Waals surface area contributed by atoms with Crippen LogP contribution >= 0.6 is 0 Å². The van der Waals surface area contributed by atoms with Crippen LogP contribution in [0.5, 0.6) is 0 Å². The van der Waals surface area contributed by atoms with Crippen LogP contribution in [0, 0.1) is 0 Å². The van der Waals surface area contributed by atoms with Crippen LogP contribution in [-0.4, -0.2) is 25.9 Å². The van der Waals surface area contributed by atoms with E-state index in [2.05, 4.69) is 12.2 Å². The molecule has 0 aromatic carbocycles. The monoisotopic (exact) mass is 173 g/mol. The summed E-state index contributed by atoms with van der Waals surface area (Å²) in [5.41, 5.74) is 3.15. The molecule has 68 valence electrons. The van der Waals surface area contributed by atoms with E-state index in [0.717, 1.165) is 19.5 Å². The highest BCUT2D eigenvalue weighted by atomic mass is 15.0. The van der Waals surface area contributed by atoms with E-state index in [1.807, 2.05) is 4.81 Å². The van der Waals surface area contributed by atoms with Crippen molar-refractivity contribution >= 4 is 7.98 Å². The van der Waals surface area contributed by atoms with Crippen molar-refractivity contribution in [1.29, 1.82) is 0 Å². The van der Waals surface area contributed by atoms with Gasteiger partial charge in [0, 0.05) is 6.54 Å². The lowest BCUT2D eigenvalue weighted by Gasteiger charge is -2.25. The summed E-state index contributed by atoms with van der Waals surface area (Å²) in [6.07, 6.45) is 11.2. The summed E-state index contributed by atoms with van der Waals surface area (Å²) in [5.74, 6) is 0. The van der Waals surface area contributed by atoms with Gasteiger partial charge in [-0.1, -0.05) is 12.2 Å². The predicted molar refractivity (Wildman–Crippen MR) is 56.6 cm³/mol. The van der Waals surface area contributed by atoms with E-state index in [-0.39, 0.29) is 0 Å². The Kier molecular flexibility index (Phi) is 2.89. The molecule has 1 heterocycles. The summed E-state index contributed by atoms with van der Waals surface area (Å²) in [7, 11) is 5.70. The lowest BCUT2D eigenvalue weighted by molar-refractivity contribution is 0.480. The van der Waals surface area contributed by atoms with Gasteiger partial charge in [-0.2, -0.15) is 0 Å². The Morgan fingerprint density at radius 2 is 1.92 bits per heavy atom. The van der Waals surface area contributed by atoms with Crippen molar-refractivity contribution in [3.05, 3.63) is 23.3 Å². The zero-order valence-electron chi connectivity index (χ0n) is 8.13. The Balaban J connectivity index is 2.03. The lowest BCUT2D eigenvalue weighted by atomic mass is 9.90. The summed E-state index contributed by atoms with van der Waals surface area (Å²) in [6, 6.07) is 0. The van der Waals surface area contributed by atoms with E-state index in [1.54, 1.807) is 11.1 Å². The van der Waals surface area contributed by atoms with Gasteiger partial charge in [-0.3, -0.25) is 0 Å². The molecule has 0 saturated carbocycles. The van der Waals surface area contributed by atoms with E-state index in [4.69, 9.17) is 7.98 Å². The van der Waals surface area contributed by atoms with Crippen LogP contribution in [-0.2, 0) is 0 Å². The zero-order chi connectivity index (χ0) is 9.10. The second kappa shape index (κ2) is 4.14. The third-order valence-electron chi connectivity index (χ3n) is 2.94. The first-order valence-corrected chi connectivity index (χ1v) is 5.24. The maximum atomic E-state index is 5.70. The Hall–Kier alpha value is -0.495. The van der Waals surface area contributed by atoms with Crippen molar-refractivity contribution < 1.29 is 0 Å². The molecule has 0 bridgehead atoms. The number of hydrogen-bond donors (Lipinski definition) is 0. The molecule has 0 spiro atoms. The predicted octanol–water partition coefficient (Wildman–Crippen LogP) is 2.20. The molecule has 0 aromatic rings. The van der Waals surface area contributed by atoms with Gasteiger partial charge >= 0.3 is 0 Å². The van der Waals surface area contributed by atoms with Crippen molar-refractivity contribution in [2.24, 2.45) is 0 Å². The molecule has 0 amide bonds. The fourth-order valence-corrected chi connectivity index (χ4v) is 2.11. The highest BCUT2D eigenvalue weighted by Crippen LogP contribution is 2.27. The Morgan fingerprint density at radius 1 is 1.08 bits per heavy atom. The average Bonchev–Trinajstić information content (AvgIpc) is 2.20. The number of hydrogen-bond acceptors (Lipinski definition) is 1. The van der Waals surface area contributed by atoms with E-state index in [9.17, 15) is 0 Å². The second-order valence-electron chi connectivity index (χ2n) is 3.95.